The van der Waals surface area contributed by atoms with E-state index in [9.17, 15) is 9.59 Å². The Balaban J connectivity index is 2.77. The number of carboxylic acids is 1. The van der Waals surface area contributed by atoms with Gasteiger partial charge in [0, 0.05) is 0 Å². The molecule has 4 N–H and O–H groups in total. The van der Waals surface area contributed by atoms with Crippen molar-refractivity contribution in [2.75, 3.05) is 11.9 Å². The largest absolute Gasteiger partial charge is 0.480 e. The Kier molecular flexibility index (Phi) is 5.11. The van der Waals surface area contributed by atoms with E-state index in [4.69, 9.17) is 27.1 Å². The first kappa shape index (κ1) is 14.8. The lowest BCUT2D eigenvalue weighted by molar-refractivity contribution is -0.140. The number of carbonyl (C=O) groups excluding carboxylic acids is 1. The van der Waals surface area contributed by atoms with Gasteiger partial charge in [0.05, 0.1) is 28.9 Å². The minimum absolute atomic E-state index is 0.167. The summed E-state index contributed by atoms with van der Waals surface area (Å²) in [4.78, 5) is 22.1. The van der Waals surface area contributed by atoms with Crippen LogP contribution in [0.5, 0.6) is 0 Å². The van der Waals surface area contributed by atoms with E-state index in [1.165, 1.54) is 18.2 Å². The minimum atomic E-state index is -1.42. The number of benzene rings is 1. The number of anilines is 1. The third-order valence-corrected chi connectivity index (χ3v) is 2.46. The molecule has 100 valence electrons. The molecule has 1 aromatic carbocycles. The monoisotopic (exact) mass is 283 g/mol. The van der Waals surface area contributed by atoms with Gasteiger partial charge in [-0.1, -0.05) is 11.6 Å². The molecule has 0 unspecified atom stereocenters. The number of hydrogen-bond donors (Lipinski definition) is 4. The summed E-state index contributed by atoms with van der Waals surface area (Å²) in [6, 6.07) is 3.85. The number of aliphatic hydroxyl groups excluding tert-OH is 1. The fourth-order valence-electron chi connectivity index (χ4n) is 1.19. The number of nitriles is 1. The Hall–Kier alpha value is -2.30. The lowest BCUT2D eigenvalue weighted by atomic mass is 10.2. The average molecular weight is 284 g/mol. The zero-order valence-corrected chi connectivity index (χ0v) is 10.3. The molecule has 0 aliphatic rings. The summed E-state index contributed by atoms with van der Waals surface area (Å²) < 4.78 is 0. The SMILES string of the molecule is N#Cc1ccc(Cl)c(NC(=O)N[C@@H](CO)C(=O)O)c1. The van der Waals surface area contributed by atoms with Gasteiger partial charge < -0.3 is 20.8 Å². The smallest absolute Gasteiger partial charge is 0.328 e. The molecule has 0 spiro atoms. The standard InChI is InChI=1S/C11H10ClN3O4/c12-7-2-1-6(4-13)3-8(7)14-11(19)15-9(5-16)10(17)18/h1-3,9,16H,5H2,(H,17,18)(H2,14,15,19)/t9-/m0/s1. The van der Waals surface area contributed by atoms with Crippen LogP contribution < -0.4 is 10.6 Å². The highest BCUT2D eigenvalue weighted by Crippen LogP contribution is 2.22. The predicted octanol–water partition coefficient (Wildman–Crippen LogP) is 0.779. The number of aliphatic hydroxyl groups is 1. The maximum absolute atomic E-state index is 11.5. The summed E-state index contributed by atoms with van der Waals surface area (Å²) in [6.45, 7) is -0.741. The second kappa shape index (κ2) is 6.58. The summed E-state index contributed by atoms with van der Waals surface area (Å²) >= 11 is 5.81. The van der Waals surface area contributed by atoms with E-state index < -0.39 is 24.6 Å². The first-order valence-corrected chi connectivity index (χ1v) is 5.46. The zero-order chi connectivity index (χ0) is 14.4. The second-order valence-electron chi connectivity index (χ2n) is 3.48. The Morgan fingerprint density at radius 2 is 2.16 bits per heavy atom. The van der Waals surface area contributed by atoms with Crippen molar-refractivity contribution in [1.29, 1.82) is 5.26 Å². The van der Waals surface area contributed by atoms with Gasteiger partial charge in [0.1, 0.15) is 0 Å². The highest BCUT2D eigenvalue weighted by Gasteiger charge is 2.19. The van der Waals surface area contributed by atoms with Crippen molar-refractivity contribution in [1.82, 2.24) is 5.32 Å². The van der Waals surface area contributed by atoms with Crippen LogP contribution in [0.4, 0.5) is 10.5 Å². The summed E-state index contributed by atoms with van der Waals surface area (Å²) in [7, 11) is 0. The molecule has 8 heteroatoms. The van der Waals surface area contributed by atoms with E-state index in [0.29, 0.717) is 0 Å². The lowest BCUT2D eigenvalue weighted by Crippen LogP contribution is -2.45. The van der Waals surface area contributed by atoms with Crippen LogP contribution in [0.1, 0.15) is 5.56 Å². The number of nitrogens with zero attached hydrogens (tertiary/aromatic N) is 1. The molecule has 2 amide bonds. The number of hydrogen-bond acceptors (Lipinski definition) is 4. The second-order valence-corrected chi connectivity index (χ2v) is 3.89. The molecule has 0 radical (unpaired) electrons. The van der Waals surface area contributed by atoms with Crippen LogP contribution in [-0.2, 0) is 4.79 Å². The van der Waals surface area contributed by atoms with E-state index in [-0.39, 0.29) is 16.3 Å². The van der Waals surface area contributed by atoms with Crippen LogP contribution in [0.25, 0.3) is 0 Å². The molecule has 0 bridgehead atoms. The van der Waals surface area contributed by atoms with E-state index in [1.54, 1.807) is 0 Å². The summed E-state index contributed by atoms with van der Waals surface area (Å²) in [6.07, 6.45) is 0. The third kappa shape index (κ3) is 4.13. The van der Waals surface area contributed by atoms with Crippen molar-refractivity contribution in [3.63, 3.8) is 0 Å². The molecule has 0 aliphatic carbocycles. The minimum Gasteiger partial charge on any atom is -0.480 e. The van der Waals surface area contributed by atoms with E-state index in [2.05, 4.69) is 5.32 Å². The molecular formula is C11H10ClN3O4. The number of rotatable bonds is 4. The van der Waals surface area contributed by atoms with Gasteiger partial charge in [0.25, 0.3) is 0 Å². The van der Waals surface area contributed by atoms with Crippen LogP contribution in [0.3, 0.4) is 0 Å². The molecule has 0 saturated heterocycles. The lowest BCUT2D eigenvalue weighted by Gasteiger charge is -2.13. The number of urea groups is 1. The number of amides is 2. The Morgan fingerprint density at radius 1 is 1.47 bits per heavy atom. The number of halogens is 1. The number of carbonyl (C=O) groups is 2. The summed E-state index contributed by atoms with van der Waals surface area (Å²) in [5.41, 5.74) is 0.455. The van der Waals surface area contributed by atoms with Gasteiger partial charge in [-0.2, -0.15) is 5.26 Å². The van der Waals surface area contributed by atoms with Crippen molar-refractivity contribution in [3.8, 4) is 6.07 Å². The van der Waals surface area contributed by atoms with E-state index in [0.717, 1.165) is 0 Å². The fraction of sp³-hybridized carbons (Fsp3) is 0.182. The molecule has 0 heterocycles. The first-order valence-electron chi connectivity index (χ1n) is 5.08. The molecule has 1 atom stereocenters. The van der Waals surface area contributed by atoms with Gasteiger partial charge >= 0.3 is 12.0 Å². The maximum atomic E-state index is 11.5. The molecular weight excluding hydrogens is 274 g/mol. The van der Waals surface area contributed by atoms with Crippen LogP contribution in [0.15, 0.2) is 18.2 Å². The van der Waals surface area contributed by atoms with Crippen LogP contribution in [0.2, 0.25) is 5.02 Å². The zero-order valence-electron chi connectivity index (χ0n) is 9.55. The quantitative estimate of drug-likeness (QED) is 0.650. The Labute approximate surface area is 113 Å². The number of carboxylic acid groups (broad SMARTS) is 1. The topological polar surface area (TPSA) is 122 Å². The van der Waals surface area contributed by atoms with Crippen LogP contribution >= 0.6 is 11.6 Å². The van der Waals surface area contributed by atoms with Crippen molar-refractivity contribution in [2.45, 2.75) is 6.04 Å². The fourth-order valence-corrected chi connectivity index (χ4v) is 1.36. The molecule has 7 nitrogen and oxygen atoms in total. The maximum Gasteiger partial charge on any atom is 0.328 e. The molecule has 0 saturated carbocycles. The molecule has 0 aliphatic heterocycles. The van der Waals surface area contributed by atoms with Gasteiger partial charge in [-0.15, -0.1) is 0 Å². The highest BCUT2D eigenvalue weighted by atomic mass is 35.5. The van der Waals surface area contributed by atoms with Crippen molar-refractivity contribution < 1.29 is 19.8 Å². The average Bonchev–Trinajstić information content (AvgIpc) is 2.38. The molecule has 0 aromatic heterocycles. The summed E-state index contributed by atoms with van der Waals surface area (Å²) in [5, 5.41) is 30.7. The van der Waals surface area contributed by atoms with Crippen LogP contribution in [-0.4, -0.2) is 34.9 Å². The third-order valence-electron chi connectivity index (χ3n) is 2.13. The van der Waals surface area contributed by atoms with Gasteiger partial charge in [-0.25, -0.2) is 9.59 Å². The molecule has 0 fully saturated rings. The predicted molar refractivity (Wildman–Crippen MR) is 66.8 cm³/mol. The van der Waals surface area contributed by atoms with Crippen molar-refractivity contribution in [3.05, 3.63) is 28.8 Å². The normalized spacial score (nSPS) is 11.2. The molecule has 1 aromatic rings. The van der Waals surface area contributed by atoms with E-state index >= 15 is 0 Å². The van der Waals surface area contributed by atoms with Gasteiger partial charge in [0.2, 0.25) is 0 Å². The Morgan fingerprint density at radius 3 is 2.68 bits per heavy atom. The first-order chi connectivity index (χ1) is 8.97. The van der Waals surface area contributed by atoms with Crippen molar-refractivity contribution in [2.24, 2.45) is 0 Å². The molecule has 19 heavy (non-hydrogen) atoms. The van der Waals surface area contributed by atoms with Gasteiger partial charge in [0.15, 0.2) is 6.04 Å². The van der Waals surface area contributed by atoms with Crippen LogP contribution in [0, 0.1) is 11.3 Å². The summed E-state index contributed by atoms with van der Waals surface area (Å²) in [5.74, 6) is -1.37. The highest BCUT2D eigenvalue weighted by molar-refractivity contribution is 6.33. The Bertz CT molecular complexity index is 541. The molecule has 1 rings (SSSR count). The van der Waals surface area contributed by atoms with Crippen molar-refractivity contribution >= 4 is 29.3 Å². The number of aliphatic carboxylic acids is 1. The van der Waals surface area contributed by atoms with E-state index in [1.807, 2.05) is 11.4 Å². The number of nitrogens with one attached hydrogen (secondary N) is 2. The van der Waals surface area contributed by atoms with Gasteiger partial charge in [-0.05, 0) is 18.2 Å². The van der Waals surface area contributed by atoms with Gasteiger partial charge in [-0.3, -0.25) is 0 Å².